The van der Waals surface area contributed by atoms with Crippen LogP contribution in [0.3, 0.4) is 0 Å². The van der Waals surface area contributed by atoms with E-state index in [9.17, 15) is 0 Å². The number of hydrogen-bond acceptors (Lipinski definition) is 1. The number of benzene rings is 2. The minimum absolute atomic E-state index is 0.726. The van der Waals surface area contributed by atoms with Gasteiger partial charge in [0, 0.05) is 11.1 Å². The molecule has 2 aromatic carbocycles. The summed E-state index contributed by atoms with van der Waals surface area (Å²) in [5, 5.41) is 0. The first-order chi connectivity index (χ1) is 7.36. The molecule has 72 valence electrons. The molecule has 15 heavy (non-hydrogen) atoms. The monoisotopic (exact) mass is 194 g/mol. The lowest BCUT2D eigenvalue weighted by molar-refractivity contribution is 0.513. The molecule has 1 nitrogen and oxygen atoms in total. The maximum Gasteiger partial charge on any atom is 0.135 e. The second-order valence-electron chi connectivity index (χ2n) is 3.57. The SMILES string of the molecule is C=C1Oc2ccccc2-c2ccccc21. The maximum atomic E-state index is 5.66. The predicted octanol–water partition coefficient (Wildman–Crippen LogP) is 3.72. The molecule has 0 unspecified atom stereocenters. The molecule has 1 heteroatoms. The third kappa shape index (κ3) is 1.17. The Morgan fingerprint density at radius 1 is 0.733 bits per heavy atom. The van der Waals surface area contributed by atoms with Gasteiger partial charge in [-0.2, -0.15) is 0 Å². The number of ether oxygens (including phenoxy) is 1. The van der Waals surface area contributed by atoms with Crippen molar-refractivity contribution in [1.29, 1.82) is 0 Å². The highest BCUT2D eigenvalue weighted by Crippen LogP contribution is 2.40. The molecule has 2 aromatic rings. The number of hydrogen-bond donors (Lipinski definition) is 0. The summed E-state index contributed by atoms with van der Waals surface area (Å²) >= 11 is 0. The molecule has 0 saturated carbocycles. The van der Waals surface area contributed by atoms with Crippen molar-refractivity contribution in [1.82, 2.24) is 0 Å². The van der Waals surface area contributed by atoms with Gasteiger partial charge in [0.25, 0.3) is 0 Å². The lowest BCUT2D eigenvalue weighted by atomic mass is 9.96. The van der Waals surface area contributed by atoms with E-state index in [4.69, 9.17) is 4.74 Å². The average molecular weight is 194 g/mol. The van der Waals surface area contributed by atoms with Crippen LogP contribution in [0.25, 0.3) is 16.9 Å². The first kappa shape index (κ1) is 8.30. The van der Waals surface area contributed by atoms with E-state index in [-0.39, 0.29) is 0 Å². The molecule has 0 bridgehead atoms. The second kappa shape index (κ2) is 2.99. The van der Waals surface area contributed by atoms with Gasteiger partial charge in [0.05, 0.1) is 0 Å². The van der Waals surface area contributed by atoms with E-state index in [0.29, 0.717) is 0 Å². The molecular formula is C14H10O. The van der Waals surface area contributed by atoms with Crippen LogP contribution < -0.4 is 4.74 Å². The van der Waals surface area contributed by atoms with Crippen molar-refractivity contribution in [2.45, 2.75) is 0 Å². The number of fused-ring (bicyclic) bond motifs is 3. The first-order valence-corrected chi connectivity index (χ1v) is 4.92. The van der Waals surface area contributed by atoms with E-state index >= 15 is 0 Å². The highest BCUT2D eigenvalue weighted by Gasteiger charge is 2.18. The summed E-state index contributed by atoms with van der Waals surface area (Å²) in [6, 6.07) is 16.2. The van der Waals surface area contributed by atoms with Crippen molar-refractivity contribution in [2.75, 3.05) is 0 Å². The fraction of sp³-hybridized carbons (Fsp3) is 0. The molecule has 0 N–H and O–H groups in total. The zero-order valence-corrected chi connectivity index (χ0v) is 8.23. The highest BCUT2D eigenvalue weighted by atomic mass is 16.5. The molecule has 1 aliphatic heterocycles. The lowest BCUT2D eigenvalue weighted by Gasteiger charge is -2.21. The van der Waals surface area contributed by atoms with Crippen LogP contribution in [0, 0.1) is 0 Å². The molecular weight excluding hydrogens is 184 g/mol. The maximum absolute atomic E-state index is 5.66. The molecule has 0 amide bonds. The summed E-state index contributed by atoms with van der Waals surface area (Å²) in [4.78, 5) is 0. The van der Waals surface area contributed by atoms with Crippen molar-refractivity contribution in [2.24, 2.45) is 0 Å². The Bertz CT molecular complexity index is 541. The van der Waals surface area contributed by atoms with E-state index in [1.165, 1.54) is 5.56 Å². The van der Waals surface area contributed by atoms with Gasteiger partial charge in [-0.25, -0.2) is 0 Å². The quantitative estimate of drug-likeness (QED) is 0.621. The van der Waals surface area contributed by atoms with E-state index < -0.39 is 0 Å². The Hall–Kier alpha value is -2.02. The van der Waals surface area contributed by atoms with Gasteiger partial charge in [-0.15, -0.1) is 0 Å². The zero-order chi connectivity index (χ0) is 10.3. The third-order valence-electron chi connectivity index (χ3n) is 2.64. The lowest BCUT2D eigenvalue weighted by Crippen LogP contribution is -2.02. The molecule has 0 atom stereocenters. The normalized spacial score (nSPS) is 12.7. The van der Waals surface area contributed by atoms with Gasteiger partial charge < -0.3 is 4.74 Å². The Morgan fingerprint density at radius 2 is 1.33 bits per heavy atom. The van der Waals surface area contributed by atoms with Crippen molar-refractivity contribution in [3.63, 3.8) is 0 Å². The van der Waals surface area contributed by atoms with Gasteiger partial charge in [0.2, 0.25) is 0 Å². The van der Waals surface area contributed by atoms with E-state index in [2.05, 4.69) is 18.7 Å². The van der Waals surface area contributed by atoms with Crippen LogP contribution in [0.4, 0.5) is 0 Å². The molecule has 0 aromatic heterocycles. The predicted molar refractivity (Wildman–Crippen MR) is 61.5 cm³/mol. The summed E-state index contributed by atoms with van der Waals surface area (Å²) < 4.78 is 5.66. The molecule has 0 radical (unpaired) electrons. The molecule has 1 heterocycles. The van der Waals surface area contributed by atoms with Gasteiger partial charge in [-0.1, -0.05) is 49.0 Å². The Labute approximate surface area is 88.6 Å². The Balaban J connectivity index is 2.34. The fourth-order valence-electron chi connectivity index (χ4n) is 1.93. The molecule has 0 fully saturated rings. The summed E-state index contributed by atoms with van der Waals surface area (Å²) in [6.07, 6.45) is 0. The van der Waals surface area contributed by atoms with Gasteiger partial charge in [-0.3, -0.25) is 0 Å². The summed E-state index contributed by atoms with van der Waals surface area (Å²) in [7, 11) is 0. The average Bonchev–Trinajstić information content (AvgIpc) is 2.30. The van der Waals surface area contributed by atoms with Crippen molar-refractivity contribution in [3.8, 4) is 16.9 Å². The van der Waals surface area contributed by atoms with Crippen LogP contribution in [-0.2, 0) is 0 Å². The molecule has 0 aliphatic carbocycles. The standard InChI is InChI=1S/C14H10O/c1-10-11-6-2-3-7-12(11)13-8-4-5-9-14(13)15-10/h2-9H,1H2. The number of rotatable bonds is 0. The van der Waals surface area contributed by atoms with Crippen molar-refractivity contribution >= 4 is 5.76 Å². The highest BCUT2D eigenvalue weighted by molar-refractivity contribution is 5.86. The molecule has 1 aliphatic rings. The van der Waals surface area contributed by atoms with Gasteiger partial charge in [0.15, 0.2) is 0 Å². The third-order valence-corrected chi connectivity index (χ3v) is 2.64. The molecule has 3 rings (SSSR count). The van der Waals surface area contributed by atoms with Gasteiger partial charge >= 0.3 is 0 Å². The smallest absolute Gasteiger partial charge is 0.135 e. The Morgan fingerprint density at radius 3 is 2.13 bits per heavy atom. The summed E-state index contributed by atoms with van der Waals surface area (Å²) in [5.41, 5.74) is 3.42. The van der Waals surface area contributed by atoms with E-state index in [1.807, 2.05) is 36.4 Å². The topological polar surface area (TPSA) is 9.23 Å². The van der Waals surface area contributed by atoms with Crippen LogP contribution in [0.15, 0.2) is 55.1 Å². The molecule has 0 spiro atoms. The largest absolute Gasteiger partial charge is 0.457 e. The van der Waals surface area contributed by atoms with Crippen molar-refractivity contribution < 1.29 is 4.74 Å². The summed E-state index contributed by atoms with van der Waals surface area (Å²) in [6.45, 7) is 3.93. The minimum atomic E-state index is 0.726. The van der Waals surface area contributed by atoms with Crippen molar-refractivity contribution in [3.05, 3.63) is 60.7 Å². The zero-order valence-electron chi connectivity index (χ0n) is 8.23. The van der Waals surface area contributed by atoms with Crippen LogP contribution in [-0.4, -0.2) is 0 Å². The summed E-state index contributed by atoms with van der Waals surface area (Å²) in [5.74, 6) is 1.62. The van der Waals surface area contributed by atoms with Gasteiger partial charge in [0.1, 0.15) is 11.5 Å². The fourth-order valence-corrected chi connectivity index (χ4v) is 1.93. The van der Waals surface area contributed by atoms with E-state index in [1.54, 1.807) is 0 Å². The van der Waals surface area contributed by atoms with Crippen LogP contribution in [0.5, 0.6) is 5.75 Å². The van der Waals surface area contributed by atoms with Gasteiger partial charge in [-0.05, 0) is 11.6 Å². The first-order valence-electron chi connectivity index (χ1n) is 4.92. The van der Waals surface area contributed by atoms with Crippen LogP contribution in [0.1, 0.15) is 5.56 Å². The Kier molecular flexibility index (Phi) is 1.65. The minimum Gasteiger partial charge on any atom is -0.457 e. The van der Waals surface area contributed by atoms with Crippen LogP contribution >= 0.6 is 0 Å². The second-order valence-corrected chi connectivity index (χ2v) is 3.57. The van der Waals surface area contributed by atoms with E-state index in [0.717, 1.165) is 22.6 Å². The van der Waals surface area contributed by atoms with Crippen LogP contribution in [0.2, 0.25) is 0 Å². The number of para-hydroxylation sites is 1. The molecule has 0 saturated heterocycles.